The van der Waals surface area contributed by atoms with Crippen LogP contribution in [0.4, 0.5) is 0 Å². The number of benzene rings is 2. The Kier molecular flexibility index (Phi) is 6.07. The molecule has 0 radical (unpaired) electrons. The van der Waals surface area contributed by atoms with Gasteiger partial charge in [0, 0.05) is 6.54 Å². The van der Waals surface area contributed by atoms with Crippen molar-refractivity contribution in [3.8, 4) is 5.75 Å². The van der Waals surface area contributed by atoms with Crippen molar-refractivity contribution >= 4 is 31.9 Å². The van der Waals surface area contributed by atoms with Gasteiger partial charge in [-0.05, 0) is 61.7 Å². The molecule has 0 fully saturated rings. The fourth-order valence-electron chi connectivity index (χ4n) is 1.85. The summed E-state index contributed by atoms with van der Waals surface area (Å²) in [5.41, 5.74) is 2.38. The molecule has 20 heavy (non-hydrogen) atoms. The summed E-state index contributed by atoms with van der Waals surface area (Å²) in [6.07, 6.45) is 0. The van der Waals surface area contributed by atoms with Crippen LogP contribution in [0.3, 0.4) is 0 Å². The smallest absolute Gasteiger partial charge is 0.148 e. The summed E-state index contributed by atoms with van der Waals surface area (Å²) in [5.74, 6) is 0.842. The molecule has 0 heterocycles. The number of hydrogen-bond acceptors (Lipinski definition) is 2. The SMILES string of the molecule is CCNCc1cc(Br)c(OCc2ccccc2)c(Br)c1. The molecule has 106 valence electrons. The summed E-state index contributed by atoms with van der Waals surface area (Å²) < 4.78 is 7.84. The molecular formula is C16H17Br2NO. The lowest BCUT2D eigenvalue weighted by molar-refractivity contribution is 0.302. The van der Waals surface area contributed by atoms with Crippen LogP contribution in [0, 0.1) is 0 Å². The van der Waals surface area contributed by atoms with Crippen molar-refractivity contribution in [1.82, 2.24) is 5.32 Å². The van der Waals surface area contributed by atoms with Crippen LogP contribution < -0.4 is 10.1 Å². The zero-order chi connectivity index (χ0) is 14.4. The highest BCUT2D eigenvalue weighted by Gasteiger charge is 2.09. The average Bonchev–Trinajstić information content (AvgIpc) is 2.45. The van der Waals surface area contributed by atoms with Gasteiger partial charge in [0.1, 0.15) is 12.4 Å². The Balaban J connectivity index is 2.08. The van der Waals surface area contributed by atoms with E-state index in [2.05, 4.69) is 68.4 Å². The van der Waals surface area contributed by atoms with Crippen molar-refractivity contribution in [2.24, 2.45) is 0 Å². The van der Waals surface area contributed by atoms with E-state index in [-0.39, 0.29) is 0 Å². The molecule has 4 heteroatoms. The van der Waals surface area contributed by atoms with Crippen LogP contribution in [0.15, 0.2) is 51.4 Å². The van der Waals surface area contributed by atoms with E-state index in [0.29, 0.717) is 6.61 Å². The van der Waals surface area contributed by atoms with E-state index >= 15 is 0 Å². The molecule has 0 aliphatic heterocycles. The molecule has 2 rings (SSSR count). The average molecular weight is 399 g/mol. The first kappa shape index (κ1) is 15.5. The van der Waals surface area contributed by atoms with Crippen molar-refractivity contribution in [3.05, 3.63) is 62.5 Å². The van der Waals surface area contributed by atoms with Gasteiger partial charge in [0.25, 0.3) is 0 Å². The van der Waals surface area contributed by atoms with E-state index in [1.54, 1.807) is 0 Å². The summed E-state index contributed by atoms with van der Waals surface area (Å²) in [4.78, 5) is 0. The Labute approximate surface area is 136 Å². The summed E-state index contributed by atoms with van der Waals surface area (Å²) in [7, 11) is 0. The molecule has 0 amide bonds. The zero-order valence-corrected chi connectivity index (χ0v) is 14.5. The van der Waals surface area contributed by atoms with Gasteiger partial charge in [0.2, 0.25) is 0 Å². The fourth-order valence-corrected chi connectivity index (χ4v) is 3.36. The van der Waals surface area contributed by atoms with E-state index < -0.39 is 0 Å². The first-order valence-electron chi connectivity index (χ1n) is 6.56. The quantitative estimate of drug-likeness (QED) is 0.747. The Bertz CT molecular complexity index is 535. The maximum Gasteiger partial charge on any atom is 0.148 e. The van der Waals surface area contributed by atoms with Crippen molar-refractivity contribution in [1.29, 1.82) is 0 Å². The zero-order valence-electron chi connectivity index (χ0n) is 11.3. The van der Waals surface area contributed by atoms with Crippen molar-refractivity contribution in [2.75, 3.05) is 6.54 Å². The van der Waals surface area contributed by atoms with E-state index in [4.69, 9.17) is 4.74 Å². The second kappa shape index (κ2) is 7.81. The molecule has 0 unspecified atom stereocenters. The summed E-state index contributed by atoms with van der Waals surface area (Å²) in [6, 6.07) is 14.3. The second-order valence-electron chi connectivity index (χ2n) is 4.44. The van der Waals surface area contributed by atoms with Gasteiger partial charge in [0.05, 0.1) is 8.95 Å². The molecule has 0 saturated carbocycles. The largest absolute Gasteiger partial charge is 0.487 e. The molecule has 1 N–H and O–H groups in total. The van der Waals surface area contributed by atoms with Gasteiger partial charge < -0.3 is 10.1 Å². The standard InChI is InChI=1S/C16H17Br2NO/c1-2-19-10-13-8-14(17)16(15(18)9-13)20-11-12-6-4-3-5-7-12/h3-9,19H,2,10-11H2,1H3. The van der Waals surface area contributed by atoms with Gasteiger partial charge >= 0.3 is 0 Å². The van der Waals surface area contributed by atoms with E-state index in [1.165, 1.54) is 5.56 Å². The highest BCUT2D eigenvalue weighted by atomic mass is 79.9. The highest BCUT2D eigenvalue weighted by molar-refractivity contribution is 9.11. The predicted molar refractivity (Wildman–Crippen MR) is 90.0 cm³/mol. The molecule has 0 aliphatic rings. The van der Waals surface area contributed by atoms with Crippen molar-refractivity contribution in [3.63, 3.8) is 0 Å². The third-order valence-electron chi connectivity index (χ3n) is 2.86. The molecular weight excluding hydrogens is 382 g/mol. The molecule has 2 aromatic rings. The predicted octanol–water partition coefficient (Wildman–Crippen LogP) is 4.90. The van der Waals surface area contributed by atoms with Gasteiger partial charge in [-0.3, -0.25) is 0 Å². The summed E-state index contributed by atoms with van der Waals surface area (Å²) in [6.45, 7) is 4.47. The molecule has 0 bridgehead atoms. The van der Waals surface area contributed by atoms with Gasteiger partial charge in [0.15, 0.2) is 0 Å². The van der Waals surface area contributed by atoms with Crippen LogP contribution in [-0.2, 0) is 13.2 Å². The minimum atomic E-state index is 0.560. The fraction of sp³-hybridized carbons (Fsp3) is 0.250. The van der Waals surface area contributed by atoms with E-state index in [0.717, 1.165) is 33.3 Å². The molecule has 0 spiro atoms. The van der Waals surface area contributed by atoms with Crippen LogP contribution in [0.25, 0.3) is 0 Å². The normalized spacial score (nSPS) is 10.6. The minimum absolute atomic E-state index is 0.560. The Morgan fingerprint density at radius 3 is 2.25 bits per heavy atom. The van der Waals surface area contributed by atoms with Crippen LogP contribution in [0.2, 0.25) is 0 Å². The minimum Gasteiger partial charge on any atom is -0.487 e. The highest BCUT2D eigenvalue weighted by Crippen LogP contribution is 2.35. The Morgan fingerprint density at radius 1 is 1.00 bits per heavy atom. The number of ether oxygens (including phenoxy) is 1. The molecule has 2 aromatic carbocycles. The number of rotatable bonds is 6. The second-order valence-corrected chi connectivity index (χ2v) is 6.15. The van der Waals surface area contributed by atoms with Crippen LogP contribution in [0.5, 0.6) is 5.75 Å². The van der Waals surface area contributed by atoms with Gasteiger partial charge in [-0.15, -0.1) is 0 Å². The Morgan fingerprint density at radius 2 is 1.65 bits per heavy atom. The Hall–Kier alpha value is -0.840. The molecule has 2 nitrogen and oxygen atoms in total. The maximum atomic E-state index is 5.90. The summed E-state index contributed by atoms with van der Waals surface area (Å²) >= 11 is 7.16. The van der Waals surface area contributed by atoms with Gasteiger partial charge in [-0.2, -0.15) is 0 Å². The third kappa shape index (κ3) is 4.33. The number of halogens is 2. The molecule has 0 aliphatic carbocycles. The topological polar surface area (TPSA) is 21.3 Å². The van der Waals surface area contributed by atoms with E-state index in [1.807, 2.05) is 18.2 Å². The monoisotopic (exact) mass is 397 g/mol. The van der Waals surface area contributed by atoms with E-state index in [9.17, 15) is 0 Å². The lowest BCUT2D eigenvalue weighted by atomic mass is 10.2. The van der Waals surface area contributed by atoms with Crippen LogP contribution >= 0.6 is 31.9 Å². The van der Waals surface area contributed by atoms with Gasteiger partial charge in [-0.1, -0.05) is 37.3 Å². The van der Waals surface area contributed by atoms with Crippen molar-refractivity contribution in [2.45, 2.75) is 20.1 Å². The number of nitrogens with one attached hydrogen (secondary N) is 1. The molecule has 0 aromatic heterocycles. The maximum absolute atomic E-state index is 5.90. The summed E-state index contributed by atoms with van der Waals surface area (Å²) in [5, 5.41) is 3.31. The molecule has 0 atom stereocenters. The lowest BCUT2D eigenvalue weighted by Gasteiger charge is -2.12. The van der Waals surface area contributed by atoms with Gasteiger partial charge in [-0.25, -0.2) is 0 Å². The third-order valence-corrected chi connectivity index (χ3v) is 4.04. The van der Waals surface area contributed by atoms with Crippen LogP contribution in [-0.4, -0.2) is 6.54 Å². The van der Waals surface area contributed by atoms with Crippen LogP contribution in [0.1, 0.15) is 18.1 Å². The number of hydrogen-bond donors (Lipinski definition) is 1. The first-order valence-corrected chi connectivity index (χ1v) is 8.14. The first-order chi connectivity index (χ1) is 9.70. The van der Waals surface area contributed by atoms with Crippen molar-refractivity contribution < 1.29 is 4.74 Å². The molecule has 0 saturated heterocycles. The lowest BCUT2D eigenvalue weighted by Crippen LogP contribution is -2.11.